The van der Waals surface area contributed by atoms with Crippen LogP contribution in [0.1, 0.15) is 23.3 Å². The smallest absolute Gasteiger partial charge is 0.355 e. The van der Waals surface area contributed by atoms with Crippen molar-refractivity contribution in [2.45, 2.75) is 24.6 Å². The van der Waals surface area contributed by atoms with Gasteiger partial charge in [-0.3, -0.25) is 4.79 Å². The SMILES string of the molecule is CNC(=O)c1ccc(NC2(C(F)(F)F)CC2)nn1. The molecule has 1 amide bonds. The number of alkyl halides is 3. The van der Waals surface area contributed by atoms with Crippen molar-refractivity contribution in [3.8, 4) is 0 Å². The predicted molar refractivity (Wildman–Crippen MR) is 57.1 cm³/mol. The number of rotatable bonds is 3. The number of nitrogens with zero attached hydrogens (tertiary/aromatic N) is 2. The van der Waals surface area contributed by atoms with E-state index in [2.05, 4.69) is 20.8 Å². The standard InChI is InChI=1S/C10H11F3N4O/c1-14-8(18)6-2-3-7(17-16-6)15-9(4-5-9)10(11,12)13/h2-3H,4-5H2,1H3,(H,14,18)(H,15,17). The van der Waals surface area contributed by atoms with Crippen molar-refractivity contribution in [3.05, 3.63) is 17.8 Å². The van der Waals surface area contributed by atoms with E-state index in [1.165, 1.54) is 19.2 Å². The zero-order chi connectivity index (χ0) is 13.4. The second-order valence-corrected chi connectivity index (χ2v) is 4.09. The summed E-state index contributed by atoms with van der Waals surface area (Å²) >= 11 is 0. The van der Waals surface area contributed by atoms with Gasteiger partial charge in [-0.15, -0.1) is 10.2 Å². The third-order valence-electron chi connectivity index (χ3n) is 2.78. The van der Waals surface area contributed by atoms with Crippen molar-refractivity contribution in [3.63, 3.8) is 0 Å². The lowest BCUT2D eigenvalue weighted by atomic mass is 10.2. The van der Waals surface area contributed by atoms with Crippen molar-refractivity contribution < 1.29 is 18.0 Å². The van der Waals surface area contributed by atoms with Crippen LogP contribution in [0.4, 0.5) is 19.0 Å². The van der Waals surface area contributed by atoms with Crippen LogP contribution < -0.4 is 10.6 Å². The van der Waals surface area contributed by atoms with E-state index in [1.807, 2.05) is 0 Å². The Morgan fingerprint density at radius 1 is 1.33 bits per heavy atom. The molecule has 0 atom stereocenters. The Labute approximate surface area is 101 Å². The fourth-order valence-electron chi connectivity index (χ4n) is 1.50. The van der Waals surface area contributed by atoms with E-state index >= 15 is 0 Å². The average molecular weight is 260 g/mol. The Hall–Kier alpha value is -1.86. The molecule has 0 unspecified atom stereocenters. The van der Waals surface area contributed by atoms with Crippen molar-refractivity contribution in [1.82, 2.24) is 15.5 Å². The number of anilines is 1. The molecule has 2 rings (SSSR count). The summed E-state index contributed by atoms with van der Waals surface area (Å²) in [5.74, 6) is -0.427. The van der Waals surface area contributed by atoms with Crippen LogP contribution in [-0.4, -0.2) is 34.9 Å². The van der Waals surface area contributed by atoms with Gasteiger partial charge in [-0.25, -0.2) is 0 Å². The maximum absolute atomic E-state index is 12.7. The first kappa shape index (κ1) is 12.6. The summed E-state index contributed by atoms with van der Waals surface area (Å²) in [6, 6.07) is 2.63. The van der Waals surface area contributed by atoms with E-state index in [0.717, 1.165) is 0 Å². The third-order valence-corrected chi connectivity index (χ3v) is 2.78. The molecule has 18 heavy (non-hydrogen) atoms. The van der Waals surface area contributed by atoms with Gasteiger partial charge in [0.2, 0.25) is 0 Å². The van der Waals surface area contributed by atoms with Gasteiger partial charge in [0, 0.05) is 7.05 Å². The minimum atomic E-state index is -4.31. The molecule has 1 heterocycles. The van der Waals surface area contributed by atoms with Gasteiger partial charge in [-0.05, 0) is 25.0 Å². The second kappa shape index (κ2) is 4.11. The molecule has 0 aromatic carbocycles. The van der Waals surface area contributed by atoms with Crippen LogP contribution in [0.2, 0.25) is 0 Å². The fourth-order valence-corrected chi connectivity index (χ4v) is 1.50. The van der Waals surface area contributed by atoms with E-state index in [1.54, 1.807) is 0 Å². The highest BCUT2D eigenvalue weighted by Gasteiger charge is 2.63. The quantitative estimate of drug-likeness (QED) is 0.860. The van der Waals surface area contributed by atoms with Crippen LogP contribution in [-0.2, 0) is 0 Å². The molecule has 0 radical (unpaired) electrons. The summed E-state index contributed by atoms with van der Waals surface area (Å²) in [4.78, 5) is 11.2. The number of amides is 1. The Bertz CT molecular complexity index is 453. The first-order valence-electron chi connectivity index (χ1n) is 5.29. The normalized spacial score (nSPS) is 17.1. The Morgan fingerprint density at radius 2 is 2.00 bits per heavy atom. The largest absolute Gasteiger partial charge is 0.411 e. The van der Waals surface area contributed by atoms with Crippen molar-refractivity contribution in [2.24, 2.45) is 0 Å². The number of hydrogen-bond donors (Lipinski definition) is 2. The van der Waals surface area contributed by atoms with Gasteiger partial charge in [0.15, 0.2) is 5.69 Å². The molecular formula is C10H11F3N4O. The van der Waals surface area contributed by atoms with E-state index < -0.39 is 17.6 Å². The molecule has 0 saturated heterocycles. The van der Waals surface area contributed by atoms with Gasteiger partial charge in [-0.2, -0.15) is 13.2 Å². The van der Waals surface area contributed by atoms with E-state index in [4.69, 9.17) is 0 Å². The molecule has 8 heteroatoms. The van der Waals surface area contributed by atoms with Crippen LogP contribution >= 0.6 is 0 Å². The topological polar surface area (TPSA) is 66.9 Å². The summed E-state index contributed by atoms with van der Waals surface area (Å²) in [6.07, 6.45) is -4.26. The van der Waals surface area contributed by atoms with Crippen molar-refractivity contribution >= 4 is 11.7 Å². The maximum atomic E-state index is 12.7. The zero-order valence-corrected chi connectivity index (χ0v) is 9.51. The lowest BCUT2D eigenvalue weighted by Crippen LogP contribution is -2.39. The van der Waals surface area contributed by atoms with Crippen molar-refractivity contribution in [2.75, 3.05) is 12.4 Å². The summed E-state index contributed by atoms with van der Waals surface area (Å²) in [5, 5.41) is 11.8. The van der Waals surface area contributed by atoms with Gasteiger partial charge >= 0.3 is 6.18 Å². The minimum absolute atomic E-state index is 0.0116. The number of carbonyl (C=O) groups is 1. The van der Waals surface area contributed by atoms with Gasteiger partial charge in [0.25, 0.3) is 5.91 Å². The summed E-state index contributed by atoms with van der Waals surface area (Å²) < 4.78 is 38.0. The molecule has 1 fully saturated rings. The van der Waals surface area contributed by atoms with Crippen LogP contribution in [0.3, 0.4) is 0 Å². The van der Waals surface area contributed by atoms with E-state index in [0.29, 0.717) is 0 Å². The molecule has 2 N–H and O–H groups in total. The molecule has 1 aliphatic rings. The summed E-state index contributed by atoms with van der Waals surface area (Å²) in [6.45, 7) is 0. The Morgan fingerprint density at radius 3 is 2.39 bits per heavy atom. The third kappa shape index (κ3) is 2.22. The first-order valence-corrected chi connectivity index (χ1v) is 5.29. The highest BCUT2D eigenvalue weighted by molar-refractivity contribution is 5.91. The Balaban J connectivity index is 2.10. The second-order valence-electron chi connectivity index (χ2n) is 4.09. The molecule has 1 aromatic rings. The number of hydrogen-bond acceptors (Lipinski definition) is 4. The molecule has 0 bridgehead atoms. The van der Waals surface area contributed by atoms with Crippen LogP contribution in [0.25, 0.3) is 0 Å². The van der Waals surface area contributed by atoms with Crippen LogP contribution in [0.5, 0.6) is 0 Å². The molecule has 98 valence electrons. The molecule has 1 aromatic heterocycles. The lowest BCUT2D eigenvalue weighted by molar-refractivity contribution is -0.151. The Kier molecular flexibility index (Phi) is 2.88. The lowest BCUT2D eigenvalue weighted by Gasteiger charge is -2.20. The first-order chi connectivity index (χ1) is 8.38. The average Bonchev–Trinajstić information content (AvgIpc) is 3.09. The van der Waals surface area contributed by atoms with Crippen LogP contribution in [0, 0.1) is 0 Å². The van der Waals surface area contributed by atoms with E-state index in [-0.39, 0.29) is 24.4 Å². The van der Waals surface area contributed by atoms with Crippen molar-refractivity contribution in [1.29, 1.82) is 0 Å². The summed E-state index contributed by atoms with van der Waals surface area (Å²) in [7, 11) is 1.43. The zero-order valence-electron chi connectivity index (χ0n) is 9.51. The fraction of sp³-hybridized carbons (Fsp3) is 0.500. The number of halogens is 3. The number of aromatic nitrogens is 2. The van der Waals surface area contributed by atoms with E-state index in [9.17, 15) is 18.0 Å². The number of carbonyl (C=O) groups excluding carboxylic acids is 1. The molecule has 5 nitrogen and oxygen atoms in total. The van der Waals surface area contributed by atoms with Gasteiger partial charge in [0.05, 0.1) is 0 Å². The monoisotopic (exact) mass is 260 g/mol. The molecule has 0 spiro atoms. The molecule has 1 aliphatic carbocycles. The minimum Gasteiger partial charge on any atom is -0.355 e. The molecule has 1 saturated carbocycles. The van der Waals surface area contributed by atoms with Gasteiger partial charge < -0.3 is 10.6 Å². The van der Waals surface area contributed by atoms with Gasteiger partial charge in [-0.1, -0.05) is 0 Å². The number of nitrogens with one attached hydrogen (secondary N) is 2. The maximum Gasteiger partial charge on any atom is 0.411 e. The summed E-state index contributed by atoms with van der Waals surface area (Å²) in [5.41, 5.74) is -1.82. The molecular weight excluding hydrogens is 249 g/mol. The molecule has 0 aliphatic heterocycles. The highest BCUT2D eigenvalue weighted by atomic mass is 19.4. The van der Waals surface area contributed by atoms with Crippen LogP contribution in [0.15, 0.2) is 12.1 Å². The highest BCUT2D eigenvalue weighted by Crippen LogP contribution is 2.50. The predicted octanol–water partition coefficient (Wildman–Crippen LogP) is 1.34. The van der Waals surface area contributed by atoms with Gasteiger partial charge in [0.1, 0.15) is 11.4 Å².